The van der Waals surface area contributed by atoms with Gasteiger partial charge in [0.2, 0.25) is 0 Å². The molecule has 0 fully saturated rings. The van der Waals surface area contributed by atoms with Gasteiger partial charge >= 0.3 is 5.97 Å². The lowest BCUT2D eigenvalue weighted by Crippen LogP contribution is -2.35. The molecule has 18 heavy (non-hydrogen) atoms. The number of hydrogen-bond acceptors (Lipinski definition) is 3. The number of benzene rings is 1. The van der Waals surface area contributed by atoms with E-state index in [1.807, 2.05) is 45.0 Å². The van der Waals surface area contributed by atoms with Crippen molar-refractivity contribution in [2.45, 2.75) is 26.3 Å². The van der Waals surface area contributed by atoms with E-state index in [0.29, 0.717) is 6.61 Å². The van der Waals surface area contributed by atoms with Crippen molar-refractivity contribution in [1.82, 2.24) is 4.90 Å². The van der Waals surface area contributed by atoms with E-state index >= 15 is 0 Å². The largest absolute Gasteiger partial charge is 0.492 e. The fourth-order valence-electron chi connectivity index (χ4n) is 1.80. The number of aliphatic carboxylic acids is 1. The molecule has 0 saturated carbocycles. The number of ether oxygens (including phenoxy) is 1. The monoisotopic (exact) mass is 251 g/mol. The van der Waals surface area contributed by atoms with Crippen molar-refractivity contribution in [3.63, 3.8) is 0 Å². The number of aryl methyl sites for hydroxylation is 2. The summed E-state index contributed by atoms with van der Waals surface area (Å²) in [7, 11) is 3.72. The van der Waals surface area contributed by atoms with Crippen LogP contribution in [-0.2, 0) is 4.79 Å². The van der Waals surface area contributed by atoms with Crippen LogP contribution in [0.4, 0.5) is 0 Å². The first kappa shape index (κ1) is 14.5. The van der Waals surface area contributed by atoms with Gasteiger partial charge in [0, 0.05) is 0 Å². The lowest BCUT2D eigenvalue weighted by molar-refractivity contribution is -0.138. The molecule has 0 aliphatic rings. The van der Waals surface area contributed by atoms with Gasteiger partial charge in [0.15, 0.2) is 0 Å². The van der Waals surface area contributed by atoms with E-state index in [1.54, 1.807) is 0 Å². The first-order valence-electron chi connectivity index (χ1n) is 5.98. The van der Waals surface area contributed by atoms with E-state index < -0.39 is 5.97 Å². The molecule has 0 saturated heterocycles. The van der Waals surface area contributed by atoms with Gasteiger partial charge in [-0.2, -0.15) is 0 Å². The van der Waals surface area contributed by atoms with E-state index in [0.717, 1.165) is 16.9 Å². The highest BCUT2D eigenvalue weighted by Gasteiger charge is 2.16. The molecule has 1 aromatic rings. The fourth-order valence-corrected chi connectivity index (χ4v) is 1.80. The molecule has 0 aliphatic carbocycles. The maximum Gasteiger partial charge on any atom is 0.305 e. The Balaban J connectivity index is 2.63. The summed E-state index contributed by atoms with van der Waals surface area (Å²) in [6.07, 6.45) is 0.0811. The van der Waals surface area contributed by atoms with E-state index in [2.05, 4.69) is 6.07 Å². The van der Waals surface area contributed by atoms with Crippen LogP contribution < -0.4 is 4.74 Å². The van der Waals surface area contributed by atoms with Crippen molar-refractivity contribution >= 4 is 5.97 Å². The third kappa shape index (κ3) is 4.75. The van der Waals surface area contributed by atoms with Gasteiger partial charge in [-0.25, -0.2) is 0 Å². The molecular weight excluding hydrogens is 230 g/mol. The normalized spacial score (nSPS) is 12.5. The maximum atomic E-state index is 10.8. The van der Waals surface area contributed by atoms with Crippen LogP contribution in [-0.4, -0.2) is 42.7 Å². The summed E-state index contributed by atoms with van der Waals surface area (Å²) >= 11 is 0. The van der Waals surface area contributed by atoms with Gasteiger partial charge in [-0.05, 0) is 51.2 Å². The smallest absolute Gasteiger partial charge is 0.305 e. The molecule has 0 bridgehead atoms. The van der Waals surface area contributed by atoms with Gasteiger partial charge in [0.1, 0.15) is 12.4 Å². The van der Waals surface area contributed by atoms with E-state index in [-0.39, 0.29) is 12.5 Å². The highest BCUT2D eigenvalue weighted by Crippen LogP contribution is 2.17. The number of carboxylic acid groups (broad SMARTS) is 1. The molecule has 0 aliphatic heterocycles. The molecule has 1 atom stereocenters. The quantitative estimate of drug-likeness (QED) is 0.841. The van der Waals surface area contributed by atoms with Crippen LogP contribution in [0.15, 0.2) is 18.2 Å². The summed E-state index contributed by atoms with van der Waals surface area (Å²) < 4.78 is 5.69. The Hall–Kier alpha value is -1.55. The van der Waals surface area contributed by atoms with Gasteiger partial charge < -0.3 is 14.7 Å². The Morgan fingerprint density at radius 1 is 1.28 bits per heavy atom. The van der Waals surface area contributed by atoms with Crippen LogP contribution in [0.1, 0.15) is 17.5 Å². The highest BCUT2D eigenvalue weighted by atomic mass is 16.5. The third-order valence-corrected chi connectivity index (χ3v) is 2.78. The van der Waals surface area contributed by atoms with Crippen molar-refractivity contribution in [2.24, 2.45) is 0 Å². The minimum atomic E-state index is -0.808. The molecule has 1 unspecified atom stereocenters. The SMILES string of the molecule is Cc1cc(C)cc(OCC(CC(=O)O)N(C)C)c1. The maximum absolute atomic E-state index is 10.8. The van der Waals surface area contributed by atoms with Crippen molar-refractivity contribution in [3.8, 4) is 5.75 Å². The predicted molar refractivity (Wildman–Crippen MR) is 71.1 cm³/mol. The van der Waals surface area contributed by atoms with Crippen LogP contribution in [0.5, 0.6) is 5.75 Å². The van der Waals surface area contributed by atoms with Gasteiger partial charge in [0.05, 0.1) is 12.5 Å². The number of carboxylic acids is 1. The number of likely N-dealkylation sites (N-methyl/N-ethyl adjacent to an activating group) is 1. The molecule has 4 nitrogen and oxygen atoms in total. The Kier molecular flexibility index (Phi) is 5.16. The molecular formula is C14H21NO3. The van der Waals surface area contributed by atoms with E-state index in [4.69, 9.17) is 9.84 Å². The first-order valence-corrected chi connectivity index (χ1v) is 5.98. The molecule has 1 aromatic carbocycles. The number of rotatable bonds is 6. The second-order valence-electron chi connectivity index (χ2n) is 4.85. The zero-order valence-electron chi connectivity index (χ0n) is 11.4. The topological polar surface area (TPSA) is 49.8 Å². The van der Waals surface area contributed by atoms with Crippen LogP contribution >= 0.6 is 0 Å². The van der Waals surface area contributed by atoms with Crippen molar-refractivity contribution in [3.05, 3.63) is 29.3 Å². The summed E-state index contributed by atoms with van der Waals surface area (Å²) in [6.45, 7) is 4.41. The second-order valence-corrected chi connectivity index (χ2v) is 4.85. The Morgan fingerprint density at radius 2 is 1.83 bits per heavy atom. The summed E-state index contributed by atoms with van der Waals surface area (Å²) in [4.78, 5) is 12.6. The average molecular weight is 251 g/mol. The molecule has 0 aromatic heterocycles. The summed E-state index contributed by atoms with van der Waals surface area (Å²) in [6, 6.07) is 5.87. The fraction of sp³-hybridized carbons (Fsp3) is 0.500. The summed E-state index contributed by atoms with van der Waals surface area (Å²) in [5, 5.41) is 8.84. The van der Waals surface area contributed by atoms with Crippen LogP contribution in [0, 0.1) is 13.8 Å². The number of carbonyl (C=O) groups is 1. The average Bonchev–Trinajstić information content (AvgIpc) is 2.21. The van der Waals surface area contributed by atoms with Gasteiger partial charge in [-0.1, -0.05) is 6.07 Å². The predicted octanol–water partition coefficient (Wildman–Crippen LogP) is 2.09. The lowest BCUT2D eigenvalue weighted by atomic mass is 10.1. The van der Waals surface area contributed by atoms with Crippen LogP contribution in [0.25, 0.3) is 0 Å². The molecule has 0 heterocycles. The highest BCUT2D eigenvalue weighted by molar-refractivity contribution is 5.67. The van der Waals surface area contributed by atoms with Crippen molar-refractivity contribution in [1.29, 1.82) is 0 Å². The third-order valence-electron chi connectivity index (χ3n) is 2.78. The molecule has 100 valence electrons. The van der Waals surface area contributed by atoms with Gasteiger partial charge in [-0.15, -0.1) is 0 Å². The first-order chi connectivity index (χ1) is 8.38. The minimum Gasteiger partial charge on any atom is -0.492 e. The molecule has 4 heteroatoms. The summed E-state index contributed by atoms with van der Waals surface area (Å²) in [5.41, 5.74) is 2.29. The van der Waals surface area contributed by atoms with Gasteiger partial charge in [0.25, 0.3) is 0 Å². The molecule has 0 radical (unpaired) electrons. The Morgan fingerprint density at radius 3 is 2.28 bits per heavy atom. The van der Waals surface area contributed by atoms with Crippen molar-refractivity contribution in [2.75, 3.05) is 20.7 Å². The summed E-state index contributed by atoms with van der Waals surface area (Å²) in [5.74, 6) is -0.0116. The zero-order chi connectivity index (χ0) is 13.7. The molecule has 1 rings (SSSR count). The van der Waals surface area contributed by atoms with Gasteiger partial charge in [-0.3, -0.25) is 4.79 Å². The Bertz CT molecular complexity index is 395. The van der Waals surface area contributed by atoms with Crippen molar-refractivity contribution < 1.29 is 14.6 Å². The number of hydrogen-bond donors (Lipinski definition) is 1. The van der Waals surface area contributed by atoms with E-state index in [9.17, 15) is 4.79 Å². The molecule has 0 amide bonds. The lowest BCUT2D eigenvalue weighted by Gasteiger charge is -2.23. The zero-order valence-corrected chi connectivity index (χ0v) is 11.4. The minimum absolute atomic E-state index is 0.0811. The second kappa shape index (κ2) is 6.40. The van der Waals surface area contributed by atoms with Crippen LogP contribution in [0.3, 0.4) is 0 Å². The molecule has 0 spiro atoms. The number of nitrogens with zero attached hydrogens (tertiary/aromatic N) is 1. The molecule has 1 N–H and O–H groups in total. The standard InChI is InChI=1S/C14H21NO3/c1-10-5-11(2)7-13(6-10)18-9-12(15(3)4)8-14(16)17/h5-7,12H,8-9H2,1-4H3,(H,16,17). The Labute approximate surface area is 108 Å². The van der Waals surface area contributed by atoms with E-state index in [1.165, 1.54) is 0 Å². The van der Waals surface area contributed by atoms with Crippen LogP contribution in [0.2, 0.25) is 0 Å².